The Kier molecular flexibility index (Phi) is 6.40. The van der Waals surface area contributed by atoms with Gasteiger partial charge in [0.25, 0.3) is 0 Å². The SMILES string of the molecule is COC(=O)CCCN(CC1CC1)c1cccc2nc(Nc3c(C)cc(C)cc3C)n(C)c12. The Labute approximate surface area is 190 Å². The number of benzene rings is 2. The van der Waals surface area contributed by atoms with Crippen molar-refractivity contribution in [2.24, 2.45) is 13.0 Å². The number of aryl methyl sites for hydroxylation is 4. The first-order chi connectivity index (χ1) is 15.4. The van der Waals surface area contributed by atoms with Crippen LogP contribution in [0.5, 0.6) is 0 Å². The van der Waals surface area contributed by atoms with E-state index in [-0.39, 0.29) is 5.97 Å². The minimum atomic E-state index is -0.148. The molecule has 3 aromatic rings. The highest BCUT2D eigenvalue weighted by Crippen LogP contribution is 2.36. The maximum Gasteiger partial charge on any atom is 0.305 e. The van der Waals surface area contributed by atoms with Gasteiger partial charge in [-0.3, -0.25) is 4.79 Å². The Bertz CT molecular complexity index is 1110. The molecule has 170 valence electrons. The van der Waals surface area contributed by atoms with Gasteiger partial charge in [0.15, 0.2) is 0 Å². The molecule has 32 heavy (non-hydrogen) atoms. The number of carbonyl (C=O) groups is 1. The molecule has 1 aromatic heterocycles. The number of hydrogen-bond donors (Lipinski definition) is 1. The van der Waals surface area contributed by atoms with Crippen molar-refractivity contribution in [3.05, 3.63) is 47.0 Å². The van der Waals surface area contributed by atoms with Crippen LogP contribution in [0.2, 0.25) is 0 Å². The van der Waals surface area contributed by atoms with Gasteiger partial charge in [0, 0.05) is 32.2 Å². The Hall–Kier alpha value is -3.02. The minimum Gasteiger partial charge on any atom is -0.469 e. The van der Waals surface area contributed by atoms with Crippen LogP contribution in [-0.2, 0) is 16.6 Å². The average Bonchev–Trinajstić information content (AvgIpc) is 3.52. The number of carbonyl (C=O) groups excluding carboxylic acids is 1. The van der Waals surface area contributed by atoms with Gasteiger partial charge in [-0.2, -0.15) is 0 Å². The third-order valence-electron chi connectivity index (χ3n) is 6.34. The van der Waals surface area contributed by atoms with Crippen LogP contribution in [-0.4, -0.2) is 35.7 Å². The molecule has 6 heteroatoms. The second-order valence-electron chi connectivity index (χ2n) is 9.11. The van der Waals surface area contributed by atoms with Crippen LogP contribution >= 0.6 is 0 Å². The number of hydrogen-bond acceptors (Lipinski definition) is 5. The largest absolute Gasteiger partial charge is 0.469 e. The van der Waals surface area contributed by atoms with Crippen LogP contribution in [0.25, 0.3) is 11.0 Å². The Balaban J connectivity index is 1.66. The number of anilines is 3. The molecule has 1 aliphatic carbocycles. The van der Waals surface area contributed by atoms with Crippen LogP contribution in [0.15, 0.2) is 30.3 Å². The highest BCUT2D eigenvalue weighted by Gasteiger charge is 2.26. The topological polar surface area (TPSA) is 59.4 Å². The van der Waals surface area contributed by atoms with Crippen molar-refractivity contribution < 1.29 is 9.53 Å². The van der Waals surface area contributed by atoms with Crippen molar-refractivity contribution in [1.82, 2.24) is 9.55 Å². The summed E-state index contributed by atoms with van der Waals surface area (Å²) < 4.78 is 6.98. The molecular formula is C26H34N4O2. The Morgan fingerprint density at radius 1 is 1.22 bits per heavy atom. The van der Waals surface area contributed by atoms with Crippen molar-refractivity contribution in [2.45, 2.75) is 46.5 Å². The summed E-state index contributed by atoms with van der Waals surface area (Å²) >= 11 is 0. The van der Waals surface area contributed by atoms with Gasteiger partial charge in [-0.05, 0) is 69.2 Å². The Morgan fingerprint density at radius 3 is 2.59 bits per heavy atom. The molecule has 1 saturated carbocycles. The van der Waals surface area contributed by atoms with Gasteiger partial charge in [-0.1, -0.05) is 23.8 Å². The summed E-state index contributed by atoms with van der Waals surface area (Å²) in [6.45, 7) is 8.24. The quantitative estimate of drug-likeness (QED) is 0.456. The van der Waals surface area contributed by atoms with Gasteiger partial charge in [-0.25, -0.2) is 4.98 Å². The molecule has 4 rings (SSSR count). The number of para-hydroxylation sites is 1. The first-order valence-corrected chi connectivity index (χ1v) is 11.5. The van der Waals surface area contributed by atoms with Crippen molar-refractivity contribution in [3.63, 3.8) is 0 Å². The van der Waals surface area contributed by atoms with Crippen molar-refractivity contribution in [1.29, 1.82) is 0 Å². The van der Waals surface area contributed by atoms with Gasteiger partial charge in [0.1, 0.15) is 0 Å². The summed E-state index contributed by atoms with van der Waals surface area (Å²) in [6.07, 6.45) is 3.79. The fraction of sp³-hybridized carbons (Fsp3) is 0.462. The molecule has 0 bridgehead atoms. The van der Waals surface area contributed by atoms with E-state index in [2.05, 4.69) is 72.9 Å². The lowest BCUT2D eigenvalue weighted by Gasteiger charge is -2.26. The van der Waals surface area contributed by atoms with Gasteiger partial charge in [-0.15, -0.1) is 0 Å². The third kappa shape index (κ3) is 4.74. The molecule has 0 atom stereocenters. The van der Waals surface area contributed by atoms with Crippen molar-refractivity contribution in [2.75, 3.05) is 30.4 Å². The molecule has 1 aliphatic rings. The van der Waals surface area contributed by atoms with E-state index in [1.165, 1.54) is 42.3 Å². The normalized spacial score (nSPS) is 13.4. The maximum absolute atomic E-state index is 11.6. The van der Waals surface area contributed by atoms with Gasteiger partial charge in [0.05, 0.1) is 23.8 Å². The molecule has 0 saturated heterocycles. The highest BCUT2D eigenvalue weighted by atomic mass is 16.5. The molecule has 2 aromatic carbocycles. The smallest absolute Gasteiger partial charge is 0.305 e. The molecule has 0 aliphatic heterocycles. The molecule has 0 spiro atoms. The highest BCUT2D eigenvalue weighted by molar-refractivity contribution is 5.91. The van der Waals surface area contributed by atoms with Gasteiger partial charge < -0.3 is 19.5 Å². The second kappa shape index (κ2) is 9.23. The number of rotatable bonds is 9. The number of fused-ring (bicyclic) bond motifs is 1. The molecule has 1 N–H and O–H groups in total. The molecule has 1 fully saturated rings. The van der Waals surface area contributed by atoms with Crippen LogP contribution in [0.1, 0.15) is 42.4 Å². The van der Waals surface area contributed by atoms with Gasteiger partial charge >= 0.3 is 5.97 Å². The van der Waals surface area contributed by atoms with Crippen LogP contribution in [0.4, 0.5) is 17.3 Å². The lowest BCUT2D eigenvalue weighted by atomic mass is 10.1. The molecular weight excluding hydrogens is 400 g/mol. The number of ether oxygens (including phenoxy) is 1. The number of imidazole rings is 1. The summed E-state index contributed by atoms with van der Waals surface area (Å²) in [6, 6.07) is 10.7. The number of aromatic nitrogens is 2. The maximum atomic E-state index is 11.6. The summed E-state index contributed by atoms with van der Waals surface area (Å²) in [5.41, 5.74) is 8.09. The number of nitrogens with one attached hydrogen (secondary N) is 1. The lowest BCUT2D eigenvalue weighted by Crippen LogP contribution is -2.28. The lowest BCUT2D eigenvalue weighted by molar-refractivity contribution is -0.140. The third-order valence-corrected chi connectivity index (χ3v) is 6.34. The zero-order valence-corrected chi connectivity index (χ0v) is 19.9. The summed E-state index contributed by atoms with van der Waals surface area (Å²) in [4.78, 5) is 19.0. The standard InChI is InChI=1S/C26H34N4O2/c1-17-14-18(2)24(19(3)15-17)28-26-27-21-8-6-9-22(25(21)29(26)4)30(16-20-11-12-20)13-7-10-23(31)32-5/h6,8-9,14-15,20H,7,10-13,16H2,1-5H3,(H,27,28). The summed E-state index contributed by atoms with van der Waals surface area (Å²) in [7, 11) is 3.52. The van der Waals surface area contributed by atoms with Crippen LogP contribution in [0.3, 0.4) is 0 Å². The molecule has 6 nitrogen and oxygen atoms in total. The van der Waals surface area contributed by atoms with Gasteiger partial charge in [0.2, 0.25) is 5.95 Å². The van der Waals surface area contributed by atoms with E-state index >= 15 is 0 Å². The average molecular weight is 435 g/mol. The zero-order chi connectivity index (χ0) is 22.8. The second-order valence-corrected chi connectivity index (χ2v) is 9.11. The van der Waals surface area contributed by atoms with E-state index in [4.69, 9.17) is 9.72 Å². The van der Waals surface area contributed by atoms with E-state index in [0.29, 0.717) is 6.42 Å². The monoisotopic (exact) mass is 434 g/mol. The number of esters is 1. The van der Waals surface area contributed by atoms with Crippen LogP contribution < -0.4 is 10.2 Å². The predicted octanol–water partition coefficient (Wildman–Crippen LogP) is 5.41. The predicted molar refractivity (Wildman–Crippen MR) is 131 cm³/mol. The summed E-state index contributed by atoms with van der Waals surface area (Å²) in [5, 5.41) is 3.58. The van der Waals surface area contributed by atoms with E-state index in [9.17, 15) is 4.79 Å². The van der Waals surface area contributed by atoms with E-state index in [1.54, 1.807) is 0 Å². The van der Waals surface area contributed by atoms with E-state index in [0.717, 1.165) is 48.1 Å². The first-order valence-electron chi connectivity index (χ1n) is 11.5. The zero-order valence-electron chi connectivity index (χ0n) is 19.9. The number of methoxy groups -OCH3 is 1. The molecule has 0 unspecified atom stereocenters. The minimum absolute atomic E-state index is 0.148. The summed E-state index contributed by atoms with van der Waals surface area (Å²) in [5.74, 6) is 1.43. The van der Waals surface area contributed by atoms with Crippen molar-refractivity contribution >= 4 is 34.3 Å². The van der Waals surface area contributed by atoms with E-state index < -0.39 is 0 Å². The van der Waals surface area contributed by atoms with E-state index in [1.807, 2.05) is 0 Å². The number of nitrogens with zero attached hydrogens (tertiary/aromatic N) is 3. The molecule has 1 heterocycles. The van der Waals surface area contributed by atoms with Crippen LogP contribution in [0, 0.1) is 26.7 Å². The Morgan fingerprint density at radius 2 is 1.94 bits per heavy atom. The molecule has 0 radical (unpaired) electrons. The fourth-order valence-corrected chi connectivity index (χ4v) is 4.54. The van der Waals surface area contributed by atoms with Crippen molar-refractivity contribution in [3.8, 4) is 0 Å². The fourth-order valence-electron chi connectivity index (χ4n) is 4.54. The first kappa shape index (κ1) is 22.2. The molecule has 0 amide bonds.